The molecular formula is C12H11F3N2O4. The van der Waals surface area contributed by atoms with E-state index < -0.39 is 36.8 Å². The van der Waals surface area contributed by atoms with Gasteiger partial charge in [-0.15, -0.1) is 0 Å². The van der Waals surface area contributed by atoms with E-state index in [4.69, 9.17) is 5.11 Å². The van der Waals surface area contributed by atoms with E-state index in [9.17, 15) is 27.6 Å². The zero-order chi connectivity index (χ0) is 16.0. The normalized spacial score (nSPS) is 12.5. The van der Waals surface area contributed by atoms with Crippen LogP contribution >= 0.6 is 0 Å². The number of carbonyl (C=O) groups is 3. The van der Waals surface area contributed by atoms with Gasteiger partial charge in [0.15, 0.2) is 5.78 Å². The number of carbonyl (C=O) groups excluding carboxylic acids is 2. The van der Waals surface area contributed by atoms with Crippen LogP contribution in [0, 0.1) is 5.92 Å². The maximum atomic E-state index is 12.6. The SMILES string of the molecule is O=CCC(CC(=O)c1cccc(NC(=O)O)n1)C(F)(F)F. The third kappa shape index (κ3) is 5.21. The van der Waals surface area contributed by atoms with Gasteiger partial charge in [0.1, 0.15) is 17.8 Å². The maximum Gasteiger partial charge on any atom is 0.410 e. The fourth-order valence-corrected chi connectivity index (χ4v) is 1.55. The quantitative estimate of drug-likeness (QED) is 0.622. The number of amides is 1. The number of alkyl halides is 3. The number of nitrogens with one attached hydrogen (secondary N) is 1. The average molecular weight is 304 g/mol. The van der Waals surface area contributed by atoms with Crippen molar-refractivity contribution in [3.63, 3.8) is 0 Å². The molecule has 0 aliphatic rings. The molecular weight excluding hydrogens is 293 g/mol. The zero-order valence-corrected chi connectivity index (χ0v) is 10.6. The van der Waals surface area contributed by atoms with Gasteiger partial charge in [-0.05, 0) is 12.1 Å². The van der Waals surface area contributed by atoms with E-state index in [2.05, 4.69) is 4.98 Å². The molecule has 1 heterocycles. The van der Waals surface area contributed by atoms with E-state index in [0.717, 1.165) is 0 Å². The topological polar surface area (TPSA) is 96.4 Å². The van der Waals surface area contributed by atoms with Crippen LogP contribution in [0.3, 0.4) is 0 Å². The van der Waals surface area contributed by atoms with Crippen LogP contribution in [0.4, 0.5) is 23.8 Å². The molecule has 1 unspecified atom stereocenters. The molecule has 1 aromatic rings. The fraction of sp³-hybridized carbons (Fsp3) is 0.333. The minimum Gasteiger partial charge on any atom is -0.465 e. The molecule has 0 aromatic carbocycles. The van der Waals surface area contributed by atoms with Crippen LogP contribution in [0.1, 0.15) is 23.3 Å². The summed E-state index contributed by atoms with van der Waals surface area (Å²) in [6.45, 7) is 0. The summed E-state index contributed by atoms with van der Waals surface area (Å²) in [5, 5.41) is 10.4. The van der Waals surface area contributed by atoms with Crippen molar-refractivity contribution in [2.75, 3.05) is 5.32 Å². The van der Waals surface area contributed by atoms with Crippen LogP contribution in [0.15, 0.2) is 18.2 Å². The molecule has 0 radical (unpaired) electrons. The summed E-state index contributed by atoms with van der Waals surface area (Å²) in [5.41, 5.74) is -0.304. The molecule has 21 heavy (non-hydrogen) atoms. The van der Waals surface area contributed by atoms with Crippen molar-refractivity contribution in [1.29, 1.82) is 0 Å². The molecule has 6 nitrogen and oxygen atoms in total. The lowest BCUT2D eigenvalue weighted by Crippen LogP contribution is -2.26. The largest absolute Gasteiger partial charge is 0.465 e. The molecule has 0 aliphatic heterocycles. The van der Waals surface area contributed by atoms with E-state index >= 15 is 0 Å². The average Bonchev–Trinajstić information content (AvgIpc) is 2.36. The Morgan fingerprint density at radius 3 is 2.57 bits per heavy atom. The van der Waals surface area contributed by atoms with E-state index in [1.165, 1.54) is 18.2 Å². The number of anilines is 1. The maximum absolute atomic E-state index is 12.6. The van der Waals surface area contributed by atoms with Gasteiger partial charge in [-0.2, -0.15) is 13.2 Å². The van der Waals surface area contributed by atoms with Crippen molar-refractivity contribution in [3.8, 4) is 0 Å². The Labute approximate surface area is 117 Å². The van der Waals surface area contributed by atoms with Gasteiger partial charge < -0.3 is 9.90 Å². The van der Waals surface area contributed by atoms with Crippen molar-refractivity contribution >= 4 is 24.0 Å². The first-order valence-electron chi connectivity index (χ1n) is 5.74. The first-order chi connectivity index (χ1) is 9.74. The minimum atomic E-state index is -4.67. The number of aromatic nitrogens is 1. The van der Waals surface area contributed by atoms with Crippen molar-refractivity contribution in [3.05, 3.63) is 23.9 Å². The van der Waals surface area contributed by atoms with Gasteiger partial charge in [0.2, 0.25) is 0 Å². The van der Waals surface area contributed by atoms with E-state index in [1.807, 2.05) is 5.32 Å². The molecule has 0 bridgehead atoms. The van der Waals surface area contributed by atoms with Crippen LogP contribution < -0.4 is 5.32 Å². The number of Topliss-reactive ketones (excluding diaryl/α,β-unsaturated/α-hetero) is 1. The van der Waals surface area contributed by atoms with E-state index in [-0.39, 0.29) is 17.8 Å². The monoisotopic (exact) mass is 304 g/mol. The summed E-state index contributed by atoms with van der Waals surface area (Å²) >= 11 is 0. The van der Waals surface area contributed by atoms with Crippen molar-refractivity contribution < 1.29 is 32.7 Å². The van der Waals surface area contributed by atoms with Gasteiger partial charge in [-0.3, -0.25) is 10.1 Å². The Morgan fingerprint density at radius 1 is 1.38 bits per heavy atom. The lowest BCUT2D eigenvalue weighted by Gasteiger charge is -2.16. The first-order valence-corrected chi connectivity index (χ1v) is 5.74. The number of pyridine rings is 1. The van der Waals surface area contributed by atoms with Crippen LogP contribution in [0.5, 0.6) is 0 Å². The van der Waals surface area contributed by atoms with Gasteiger partial charge in [-0.25, -0.2) is 9.78 Å². The van der Waals surface area contributed by atoms with Gasteiger partial charge in [0, 0.05) is 12.8 Å². The number of halogens is 3. The van der Waals surface area contributed by atoms with E-state index in [0.29, 0.717) is 0 Å². The molecule has 0 saturated carbocycles. The molecule has 0 spiro atoms. The highest BCUT2D eigenvalue weighted by Gasteiger charge is 2.40. The second-order valence-electron chi connectivity index (χ2n) is 4.11. The summed E-state index contributed by atoms with van der Waals surface area (Å²) in [5.74, 6) is -3.18. The smallest absolute Gasteiger partial charge is 0.410 e. The van der Waals surface area contributed by atoms with Crippen LogP contribution in [0.25, 0.3) is 0 Å². The first kappa shape index (κ1) is 16.6. The number of aldehydes is 1. The van der Waals surface area contributed by atoms with Gasteiger partial charge in [0.05, 0.1) is 5.92 Å². The minimum absolute atomic E-state index is 0.0985. The standard InChI is InChI=1S/C12H11F3N2O4/c13-12(14,15)7(4-5-18)6-9(19)8-2-1-3-10(16-8)17-11(20)21/h1-3,5,7H,4,6H2,(H,16,17)(H,20,21). The Kier molecular flexibility index (Phi) is 5.39. The molecule has 114 valence electrons. The number of carboxylic acid groups (broad SMARTS) is 1. The number of hydrogen-bond acceptors (Lipinski definition) is 4. The highest BCUT2D eigenvalue weighted by molar-refractivity contribution is 5.95. The number of ketones is 1. The lowest BCUT2D eigenvalue weighted by atomic mass is 9.97. The molecule has 9 heteroatoms. The Bertz CT molecular complexity index is 546. The second-order valence-corrected chi connectivity index (χ2v) is 4.11. The molecule has 0 fully saturated rings. The second kappa shape index (κ2) is 6.82. The number of rotatable bonds is 6. The number of hydrogen-bond donors (Lipinski definition) is 2. The highest BCUT2D eigenvalue weighted by Crippen LogP contribution is 2.31. The fourth-order valence-electron chi connectivity index (χ4n) is 1.55. The van der Waals surface area contributed by atoms with Crippen molar-refractivity contribution in [2.45, 2.75) is 19.0 Å². The third-order valence-electron chi connectivity index (χ3n) is 2.55. The molecule has 1 atom stereocenters. The molecule has 0 saturated heterocycles. The Balaban J connectivity index is 2.87. The highest BCUT2D eigenvalue weighted by atomic mass is 19.4. The molecule has 1 amide bonds. The van der Waals surface area contributed by atoms with E-state index in [1.54, 1.807) is 0 Å². The summed E-state index contributed by atoms with van der Waals surface area (Å²) in [6.07, 6.45) is -7.73. The van der Waals surface area contributed by atoms with Gasteiger partial charge >= 0.3 is 12.3 Å². The van der Waals surface area contributed by atoms with Crippen LogP contribution in [0.2, 0.25) is 0 Å². The predicted octanol–water partition coefficient (Wildman–Crippen LogP) is 2.51. The molecule has 2 N–H and O–H groups in total. The van der Waals surface area contributed by atoms with Crippen LogP contribution in [-0.4, -0.2) is 34.4 Å². The van der Waals surface area contributed by atoms with Crippen LogP contribution in [-0.2, 0) is 4.79 Å². The zero-order valence-electron chi connectivity index (χ0n) is 10.6. The number of nitrogens with zero attached hydrogens (tertiary/aromatic N) is 1. The molecule has 0 aliphatic carbocycles. The summed E-state index contributed by atoms with van der Waals surface area (Å²) in [4.78, 5) is 36.0. The van der Waals surface area contributed by atoms with Crippen molar-refractivity contribution in [2.24, 2.45) is 5.92 Å². The van der Waals surface area contributed by atoms with Crippen molar-refractivity contribution in [1.82, 2.24) is 4.98 Å². The molecule has 1 aromatic heterocycles. The summed E-state index contributed by atoms with van der Waals surface area (Å²) in [7, 11) is 0. The Hall–Kier alpha value is -2.45. The van der Waals surface area contributed by atoms with Gasteiger partial charge in [-0.1, -0.05) is 6.07 Å². The van der Waals surface area contributed by atoms with Gasteiger partial charge in [0.25, 0.3) is 0 Å². The lowest BCUT2D eigenvalue weighted by molar-refractivity contribution is -0.175. The Morgan fingerprint density at radius 2 is 2.05 bits per heavy atom. The summed E-state index contributed by atoms with van der Waals surface area (Å²) < 4.78 is 37.8. The molecule has 1 rings (SSSR count). The predicted molar refractivity (Wildman–Crippen MR) is 65.1 cm³/mol. The third-order valence-corrected chi connectivity index (χ3v) is 2.55. The summed E-state index contributed by atoms with van der Waals surface area (Å²) in [6, 6.07) is 3.70.